The van der Waals surface area contributed by atoms with Gasteiger partial charge in [0.05, 0.1) is 10.0 Å². The summed E-state index contributed by atoms with van der Waals surface area (Å²) >= 11 is 12.0. The first-order valence-electron chi connectivity index (χ1n) is 6.60. The largest absolute Gasteiger partial charge is 0.353 e. The molecule has 0 aromatic heterocycles. The highest BCUT2D eigenvalue weighted by molar-refractivity contribution is 6.42. The van der Waals surface area contributed by atoms with Crippen molar-refractivity contribution in [1.29, 1.82) is 0 Å². The summed E-state index contributed by atoms with van der Waals surface area (Å²) in [7, 11) is 0. The van der Waals surface area contributed by atoms with Crippen LogP contribution in [-0.2, 0) is 11.3 Å². The summed E-state index contributed by atoms with van der Waals surface area (Å²) in [6, 6.07) is 6.05. The van der Waals surface area contributed by atoms with Crippen molar-refractivity contribution in [1.82, 2.24) is 10.6 Å². The highest BCUT2D eigenvalue weighted by atomic mass is 35.5. The van der Waals surface area contributed by atoms with Crippen LogP contribution in [0.3, 0.4) is 0 Å². The van der Waals surface area contributed by atoms with E-state index in [-0.39, 0.29) is 5.91 Å². The molecular weight excluding hydrogens is 283 g/mol. The van der Waals surface area contributed by atoms with Gasteiger partial charge in [-0.3, -0.25) is 4.79 Å². The Labute approximate surface area is 123 Å². The number of amides is 1. The molecule has 1 aromatic rings. The Balaban J connectivity index is 1.60. The lowest BCUT2D eigenvalue weighted by molar-refractivity contribution is -0.121. The summed E-state index contributed by atoms with van der Waals surface area (Å²) in [6.07, 6.45) is 3.68. The van der Waals surface area contributed by atoms with Gasteiger partial charge in [-0.1, -0.05) is 35.3 Å². The predicted molar refractivity (Wildman–Crippen MR) is 78.6 cm³/mol. The van der Waals surface area contributed by atoms with E-state index in [4.69, 9.17) is 23.2 Å². The molecule has 104 valence electrons. The summed E-state index contributed by atoms with van der Waals surface area (Å²) in [6.45, 7) is 1.46. The zero-order valence-electron chi connectivity index (χ0n) is 10.7. The van der Waals surface area contributed by atoms with Crippen LogP contribution >= 0.6 is 23.2 Å². The van der Waals surface area contributed by atoms with Gasteiger partial charge in [-0.15, -0.1) is 0 Å². The second-order valence-electron chi connectivity index (χ2n) is 4.84. The molecule has 0 heterocycles. The van der Waals surface area contributed by atoms with E-state index in [1.165, 1.54) is 0 Å². The number of carbonyl (C=O) groups excluding carboxylic acids is 1. The molecule has 0 saturated heterocycles. The van der Waals surface area contributed by atoms with Crippen molar-refractivity contribution in [2.75, 3.05) is 6.54 Å². The van der Waals surface area contributed by atoms with Crippen molar-refractivity contribution < 1.29 is 4.79 Å². The lowest BCUT2D eigenvalue weighted by Gasteiger charge is -2.08. The molecule has 5 heteroatoms. The Morgan fingerprint density at radius 3 is 2.84 bits per heavy atom. The molecule has 1 saturated carbocycles. The predicted octanol–water partition coefficient (Wildman–Crippen LogP) is 3.14. The number of hydrogen-bond donors (Lipinski definition) is 2. The average Bonchev–Trinajstić information content (AvgIpc) is 3.18. The van der Waals surface area contributed by atoms with Gasteiger partial charge in [-0.2, -0.15) is 0 Å². The fourth-order valence-corrected chi connectivity index (χ4v) is 2.20. The number of benzene rings is 1. The minimum atomic E-state index is 0.157. The summed E-state index contributed by atoms with van der Waals surface area (Å²) < 4.78 is 0. The summed E-state index contributed by atoms with van der Waals surface area (Å²) in [5, 5.41) is 7.42. The van der Waals surface area contributed by atoms with Gasteiger partial charge in [-0.25, -0.2) is 0 Å². The van der Waals surface area contributed by atoms with Crippen LogP contribution in [0.15, 0.2) is 18.2 Å². The smallest absolute Gasteiger partial charge is 0.220 e. The van der Waals surface area contributed by atoms with E-state index in [9.17, 15) is 4.79 Å². The first kappa shape index (κ1) is 14.6. The maximum atomic E-state index is 11.4. The van der Waals surface area contributed by atoms with Gasteiger partial charge in [-0.05, 0) is 37.4 Å². The summed E-state index contributed by atoms with van der Waals surface area (Å²) in [5.74, 6) is 0.157. The van der Waals surface area contributed by atoms with E-state index >= 15 is 0 Å². The average molecular weight is 301 g/mol. The number of halogens is 2. The molecule has 3 nitrogen and oxygen atoms in total. The molecular formula is C14H18Cl2N2O. The summed E-state index contributed by atoms with van der Waals surface area (Å²) in [4.78, 5) is 11.4. The van der Waals surface area contributed by atoms with E-state index in [1.807, 2.05) is 12.1 Å². The van der Waals surface area contributed by atoms with E-state index in [1.54, 1.807) is 6.07 Å². The number of nitrogens with one attached hydrogen (secondary N) is 2. The zero-order chi connectivity index (χ0) is 13.7. The van der Waals surface area contributed by atoms with Crippen molar-refractivity contribution in [2.45, 2.75) is 38.3 Å². The van der Waals surface area contributed by atoms with Crippen LogP contribution in [-0.4, -0.2) is 18.5 Å². The van der Waals surface area contributed by atoms with Crippen LogP contribution in [0.1, 0.15) is 31.2 Å². The van der Waals surface area contributed by atoms with Crippen LogP contribution in [0.2, 0.25) is 10.0 Å². The standard InChI is InChI=1S/C14H18Cl2N2O/c15-12-4-1-3-10(14(12)16)9-17-8-2-5-13(19)18-11-6-7-11/h1,3-4,11,17H,2,5-9H2,(H,18,19). The van der Waals surface area contributed by atoms with Crippen LogP contribution in [0.25, 0.3) is 0 Å². The van der Waals surface area contributed by atoms with Crippen LogP contribution in [0, 0.1) is 0 Å². The minimum absolute atomic E-state index is 0.157. The number of hydrogen-bond acceptors (Lipinski definition) is 2. The Bertz CT molecular complexity index is 447. The SMILES string of the molecule is O=C(CCCNCc1cccc(Cl)c1Cl)NC1CC1. The van der Waals surface area contributed by atoms with Crippen LogP contribution < -0.4 is 10.6 Å². The molecule has 1 aliphatic carbocycles. The van der Waals surface area contributed by atoms with Gasteiger partial charge in [0.15, 0.2) is 0 Å². The quantitative estimate of drug-likeness (QED) is 0.760. The maximum absolute atomic E-state index is 11.4. The molecule has 1 amide bonds. The van der Waals surface area contributed by atoms with Crippen molar-refractivity contribution in [3.63, 3.8) is 0 Å². The molecule has 0 spiro atoms. The highest BCUT2D eigenvalue weighted by Gasteiger charge is 2.22. The molecule has 1 fully saturated rings. The molecule has 1 aliphatic rings. The van der Waals surface area contributed by atoms with Crippen LogP contribution in [0.4, 0.5) is 0 Å². The van der Waals surface area contributed by atoms with E-state index in [2.05, 4.69) is 10.6 Å². The lowest BCUT2D eigenvalue weighted by atomic mass is 10.2. The van der Waals surface area contributed by atoms with Crippen molar-refractivity contribution in [2.24, 2.45) is 0 Å². The molecule has 2 N–H and O–H groups in total. The van der Waals surface area contributed by atoms with E-state index < -0.39 is 0 Å². The second-order valence-corrected chi connectivity index (χ2v) is 5.62. The maximum Gasteiger partial charge on any atom is 0.220 e. The zero-order valence-corrected chi connectivity index (χ0v) is 12.2. The Hall–Kier alpha value is -0.770. The number of rotatable bonds is 7. The van der Waals surface area contributed by atoms with Gasteiger partial charge in [0.25, 0.3) is 0 Å². The second kappa shape index (κ2) is 7.13. The van der Waals surface area contributed by atoms with Gasteiger partial charge in [0.1, 0.15) is 0 Å². The first-order valence-corrected chi connectivity index (χ1v) is 7.35. The third-order valence-electron chi connectivity index (χ3n) is 3.05. The van der Waals surface area contributed by atoms with Crippen molar-refractivity contribution in [3.8, 4) is 0 Å². The topological polar surface area (TPSA) is 41.1 Å². The molecule has 0 unspecified atom stereocenters. The molecule has 0 radical (unpaired) electrons. The third-order valence-corrected chi connectivity index (χ3v) is 3.90. The lowest BCUT2D eigenvalue weighted by Crippen LogP contribution is -2.26. The third kappa shape index (κ3) is 5.01. The fourth-order valence-electron chi connectivity index (χ4n) is 1.81. The van der Waals surface area contributed by atoms with E-state index in [0.29, 0.717) is 29.1 Å². The molecule has 1 aromatic carbocycles. The van der Waals surface area contributed by atoms with Crippen molar-refractivity contribution >= 4 is 29.1 Å². The van der Waals surface area contributed by atoms with Gasteiger partial charge in [0.2, 0.25) is 5.91 Å². The fraction of sp³-hybridized carbons (Fsp3) is 0.500. The normalized spacial score (nSPS) is 14.4. The van der Waals surface area contributed by atoms with Crippen LogP contribution in [0.5, 0.6) is 0 Å². The number of carbonyl (C=O) groups is 1. The molecule has 0 atom stereocenters. The molecule has 0 bridgehead atoms. The highest BCUT2D eigenvalue weighted by Crippen LogP contribution is 2.25. The van der Waals surface area contributed by atoms with Gasteiger partial charge in [0, 0.05) is 19.0 Å². The van der Waals surface area contributed by atoms with Gasteiger partial charge < -0.3 is 10.6 Å². The van der Waals surface area contributed by atoms with Crippen molar-refractivity contribution in [3.05, 3.63) is 33.8 Å². The van der Waals surface area contributed by atoms with Gasteiger partial charge >= 0.3 is 0 Å². The molecule has 0 aliphatic heterocycles. The molecule has 19 heavy (non-hydrogen) atoms. The first-order chi connectivity index (χ1) is 9.16. The monoisotopic (exact) mass is 300 g/mol. The van der Waals surface area contributed by atoms with E-state index in [0.717, 1.165) is 31.4 Å². The Morgan fingerprint density at radius 2 is 2.11 bits per heavy atom. The Kier molecular flexibility index (Phi) is 5.49. The minimum Gasteiger partial charge on any atom is -0.353 e. The Morgan fingerprint density at radius 1 is 1.32 bits per heavy atom. The summed E-state index contributed by atoms with van der Waals surface area (Å²) in [5.41, 5.74) is 0.983. The molecule has 2 rings (SSSR count).